The smallest absolute Gasteiger partial charge is 0.223 e. The van der Waals surface area contributed by atoms with Crippen LogP contribution >= 0.6 is 0 Å². The fourth-order valence-electron chi connectivity index (χ4n) is 9.03. The molecule has 2 saturated heterocycles. The molecule has 60 heavy (non-hydrogen) atoms. The van der Waals surface area contributed by atoms with E-state index < -0.39 is 0 Å². The van der Waals surface area contributed by atoms with E-state index in [4.69, 9.17) is 9.47 Å². The highest BCUT2D eigenvalue weighted by atomic mass is 19.1. The normalized spacial score (nSPS) is 18.7. The van der Waals surface area contributed by atoms with Gasteiger partial charge in [0.1, 0.15) is 23.8 Å². The molecule has 0 aromatic heterocycles. The first-order valence-corrected chi connectivity index (χ1v) is 21.7. The van der Waals surface area contributed by atoms with Crippen LogP contribution < -0.4 is 0 Å². The van der Waals surface area contributed by atoms with Gasteiger partial charge in [-0.25, -0.2) is 8.78 Å². The number of amides is 2. The number of carbonyl (C=O) groups is 2. The molecular formula is C52H52F2N2O4. The molecule has 2 heterocycles. The zero-order valence-corrected chi connectivity index (χ0v) is 33.9. The van der Waals surface area contributed by atoms with Gasteiger partial charge in [0.25, 0.3) is 0 Å². The van der Waals surface area contributed by atoms with E-state index in [1.54, 1.807) is 24.3 Å². The van der Waals surface area contributed by atoms with Gasteiger partial charge in [0, 0.05) is 25.9 Å². The van der Waals surface area contributed by atoms with Crippen LogP contribution in [0.4, 0.5) is 8.78 Å². The van der Waals surface area contributed by atoms with Gasteiger partial charge in [-0.05, 0) is 118 Å². The highest BCUT2D eigenvalue weighted by Crippen LogP contribution is 2.45. The number of ether oxygens (including phenoxy) is 2. The van der Waals surface area contributed by atoms with Crippen LogP contribution in [0.25, 0.3) is 21.5 Å². The molecule has 2 amide bonds. The number of nitrogens with zero attached hydrogens (tertiary/aromatic N) is 2. The van der Waals surface area contributed by atoms with E-state index in [2.05, 4.69) is 60.7 Å². The second-order valence-corrected chi connectivity index (χ2v) is 16.9. The summed E-state index contributed by atoms with van der Waals surface area (Å²) in [6.07, 6.45) is 7.01. The molecule has 0 spiro atoms. The van der Waals surface area contributed by atoms with Gasteiger partial charge in [-0.3, -0.25) is 9.59 Å². The summed E-state index contributed by atoms with van der Waals surface area (Å²) < 4.78 is 40.5. The summed E-state index contributed by atoms with van der Waals surface area (Å²) >= 11 is 0. The van der Waals surface area contributed by atoms with Crippen LogP contribution in [0.1, 0.15) is 97.9 Å². The summed E-state index contributed by atoms with van der Waals surface area (Å²) in [7, 11) is 0. The molecule has 6 aromatic carbocycles. The lowest BCUT2D eigenvalue weighted by molar-refractivity contribution is -0.134. The summed E-state index contributed by atoms with van der Waals surface area (Å²) in [5.41, 5.74) is 4.01. The van der Waals surface area contributed by atoms with Crippen LogP contribution in [0, 0.1) is 23.5 Å². The SMILES string of the molecule is O=C1CCCN1[C@@H](c1ccc(F)cc1)[C@H](OCC1CC1)c1cccc2ccccc12.O=C1CCCN1[C@H](c1ccc(F)cc1)[C@@H](OCC1CC1)c1cccc2ccccc12. The zero-order chi connectivity index (χ0) is 41.0. The zero-order valence-electron chi connectivity index (χ0n) is 33.9. The maximum atomic E-state index is 13.7. The van der Waals surface area contributed by atoms with Crippen molar-refractivity contribution in [2.45, 2.75) is 75.7 Å². The maximum Gasteiger partial charge on any atom is 0.223 e. The average Bonchev–Trinajstić information content (AvgIpc) is 4.21. The first kappa shape index (κ1) is 40.0. The van der Waals surface area contributed by atoms with Crippen molar-refractivity contribution < 1.29 is 27.8 Å². The van der Waals surface area contributed by atoms with E-state index in [-0.39, 0.29) is 47.7 Å². The predicted molar refractivity (Wildman–Crippen MR) is 231 cm³/mol. The molecule has 4 atom stereocenters. The Morgan fingerprint density at radius 3 is 1.25 bits per heavy atom. The molecule has 0 unspecified atom stereocenters. The van der Waals surface area contributed by atoms with E-state index in [9.17, 15) is 18.4 Å². The summed E-state index contributed by atoms with van der Waals surface area (Å²) in [6.45, 7) is 2.78. The molecule has 4 fully saturated rings. The van der Waals surface area contributed by atoms with Crippen molar-refractivity contribution in [3.63, 3.8) is 0 Å². The van der Waals surface area contributed by atoms with Crippen molar-refractivity contribution in [3.05, 3.63) is 167 Å². The van der Waals surface area contributed by atoms with Gasteiger partial charge in [0.15, 0.2) is 0 Å². The number of likely N-dealkylation sites (tertiary alicyclic amines) is 2. The number of hydrogen-bond acceptors (Lipinski definition) is 4. The molecule has 0 bridgehead atoms. The van der Waals surface area contributed by atoms with E-state index in [1.165, 1.54) is 49.9 Å². The Hall–Kier alpha value is -5.44. The van der Waals surface area contributed by atoms with Crippen molar-refractivity contribution >= 4 is 33.4 Å². The second kappa shape index (κ2) is 18.0. The number of rotatable bonds is 14. The van der Waals surface area contributed by atoms with Crippen molar-refractivity contribution in [3.8, 4) is 0 Å². The quantitative estimate of drug-likeness (QED) is 0.110. The fraction of sp³-hybridized carbons (Fsp3) is 0.346. The summed E-state index contributed by atoms with van der Waals surface area (Å²) in [6, 6.07) is 41.7. The second-order valence-electron chi connectivity index (χ2n) is 16.9. The third-order valence-electron chi connectivity index (χ3n) is 12.6. The van der Waals surface area contributed by atoms with Crippen LogP contribution in [0.5, 0.6) is 0 Å². The van der Waals surface area contributed by atoms with Crippen molar-refractivity contribution in [1.29, 1.82) is 0 Å². The standard InChI is InChI=1S/2C26H26FNO2/c2*27-21-14-12-20(13-15-21)25(28-16-4-9-24(28)29)26(30-17-18-10-11-18)23-8-3-6-19-5-1-2-7-22(19)23/h2*1-3,5-8,12-15,18,25-26H,4,9-11,16-17H2/t2*25-,26+/m10/s1. The van der Waals surface area contributed by atoms with Crippen LogP contribution in [-0.2, 0) is 19.1 Å². The Morgan fingerprint density at radius 2 is 0.883 bits per heavy atom. The highest BCUT2D eigenvalue weighted by molar-refractivity contribution is 5.87. The van der Waals surface area contributed by atoms with Gasteiger partial charge in [0.05, 0.1) is 25.3 Å². The minimum atomic E-state index is -0.302. The van der Waals surface area contributed by atoms with Gasteiger partial charge in [0.2, 0.25) is 11.8 Å². The van der Waals surface area contributed by atoms with Gasteiger partial charge < -0.3 is 19.3 Å². The lowest BCUT2D eigenvalue weighted by Gasteiger charge is -2.36. The minimum Gasteiger partial charge on any atom is -0.371 e. The Kier molecular flexibility index (Phi) is 12.0. The molecule has 10 rings (SSSR count). The van der Waals surface area contributed by atoms with Crippen LogP contribution in [0.2, 0.25) is 0 Å². The Bertz CT molecular complexity index is 2250. The van der Waals surface area contributed by atoms with Crippen LogP contribution in [0.3, 0.4) is 0 Å². The molecule has 8 heteroatoms. The van der Waals surface area contributed by atoms with Gasteiger partial charge in [-0.15, -0.1) is 0 Å². The first-order valence-electron chi connectivity index (χ1n) is 21.7. The van der Waals surface area contributed by atoms with Crippen molar-refractivity contribution in [1.82, 2.24) is 9.80 Å². The molecule has 6 aromatic rings. The van der Waals surface area contributed by atoms with E-state index >= 15 is 0 Å². The predicted octanol–water partition coefficient (Wildman–Crippen LogP) is 11.6. The Labute approximate surface area is 351 Å². The third-order valence-corrected chi connectivity index (χ3v) is 12.6. The maximum absolute atomic E-state index is 13.7. The minimum absolute atomic E-state index is 0.143. The number of carbonyl (C=O) groups excluding carboxylic acids is 2. The molecule has 0 N–H and O–H groups in total. The Morgan fingerprint density at radius 1 is 0.500 bits per heavy atom. The number of halogens is 2. The molecule has 308 valence electrons. The van der Waals surface area contributed by atoms with E-state index in [0.29, 0.717) is 51.0 Å². The number of benzene rings is 6. The molecule has 0 radical (unpaired) electrons. The lowest BCUT2D eigenvalue weighted by atomic mass is 9.91. The summed E-state index contributed by atoms with van der Waals surface area (Å²) in [5, 5.41) is 4.58. The first-order chi connectivity index (χ1) is 29.4. The number of fused-ring (bicyclic) bond motifs is 2. The Balaban J connectivity index is 0.000000154. The highest BCUT2D eigenvalue weighted by Gasteiger charge is 2.39. The molecule has 2 aliphatic carbocycles. The molecular weight excluding hydrogens is 755 g/mol. The topological polar surface area (TPSA) is 59.1 Å². The molecule has 2 aliphatic heterocycles. The largest absolute Gasteiger partial charge is 0.371 e. The van der Waals surface area contributed by atoms with Gasteiger partial charge in [-0.2, -0.15) is 0 Å². The lowest BCUT2D eigenvalue weighted by Crippen LogP contribution is -2.35. The fourth-order valence-corrected chi connectivity index (χ4v) is 9.03. The van der Waals surface area contributed by atoms with Crippen LogP contribution in [-0.4, -0.2) is 47.9 Å². The average molecular weight is 807 g/mol. The summed E-state index contributed by atoms with van der Waals surface area (Å²) in [5.74, 6) is 0.946. The molecule has 4 aliphatic rings. The van der Waals surface area contributed by atoms with Crippen molar-refractivity contribution in [2.24, 2.45) is 11.8 Å². The molecule has 2 saturated carbocycles. The van der Waals surface area contributed by atoms with Gasteiger partial charge >= 0.3 is 0 Å². The molecule has 6 nitrogen and oxygen atoms in total. The third kappa shape index (κ3) is 9.01. The van der Waals surface area contributed by atoms with E-state index in [0.717, 1.165) is 56.6 Å². The number of hydrogen-bond donors (Lipinski definition) is 0. The monoisotopic (exact) mass is 806 g/mol. The van der Waals surface area contributed by atoms with E-state index in [1.807, 2.05) is 34.1 Å². The van der Waals surface area contributed by atoms with Crippen LogP contribution in [0.15, 0.2) is 133 Å². The summed E-state index contributed by atoms with van der Waals surface area (Å²) in [4.78, 5) is 29.5. The van der Waals surface area contributed by atoms with Gasteiger partial charge in [-0.1, -0.05) is 109 Å². The van der Waals surface area contributed by atoms with Crippen molar-refractivity contribution in [2.75, 3.05) is 26.3 Å².